The molecule has 1 N–H and O–H groups in total. The summed E-state index contributed by atoms with van der Waals surface area (Å²) in [6.07, 6.45) is 5.13. The first kappa shape index (κ1) is 20.6. The molecule has 2 aromatic carbocycles. The summed E-state index contributed by atoms with van der Waals surface area (Å²) in [6.45, 7) is 5.60. The summed E-state index contributed by atoms with van der Waals surface area (Å²) in [5.74, 6) is 1.88. The predicted molar refractivity (Wildman–Crippen MR) is 110 cm³/mol. The van der Waals surface area contributed by atoms with E-state index in [2.05, 4.69) is 31.3 Å². The quantitative estimate of drug-likeness (QED) is 0.629. The van der Waals surface area contributed by atoms with E-state index in [-0.39, 0.29) is 5.91 Å². The normalized spacial score (nSPS) is 11.0. The van der Waals surface area contributed by atoms with Gasteiger partial charge < -0.3 is 14.8 Å². The zero-order valence-electron chi connectivity index (χ0n) is 16.4. The summed E-state index contributed by atoms with van der Waals surface area (Å²) in [6, 6.07) is 15.8. The fourth-order valence-electron chi connectivity index (χ4n) is 2.52. The molecule has 2 rings (SSSR count). The second-order valence-corrected chi connectivity index (χ2v) is 6.80. The molecular formula is C23H29NO3. The van der Waals surface area contributed by atoms with E-state index >= 15 is 0 Å². The van der Waals surface area contributed by atoms with Gasteiger partial charge in [-0.25, -0.2) is 0 Å². The Morgan fingerprint density at radius 1 is 1.11 bits per heavy atom. The predicted octanol–water partition coefficient (Wildman–Crippen LogP) is 4.49. The first-order chi connectivity index (χ1) is 13.1. The Labute approximate surface area is 162 Å². The van der Waals surface area contributed by atoms with Crippen molar-refractivity contribution in [1.29, 1.82) is 0 Å². The van der Waals surface area contributed by atoms with Crippen LogP contribution in [0.25, 0.3) is 6.08 Å². The highest BCUT2D eigenvalue weighted by Crippen LogP contribution is 2.28. The zero-order valence-corrected chi connectivity index (χ0v) is 16.4. The molecule has 0 aliphatic rings. The molecule has 0 radical (unpaired) electrons. The van der Waals surface area contributed by atoms with Crippen LogP contribution in [-0.2, 0) is 11.2 Å². The van der Waals surface area contributed by atoms with Crippen molar-refractivity contribution in [2.45, 2.75) is 26.7 Å². The van der Waals surface area contributed by atoms with Crippen LogP contribution in [0, 0.1) is 5.92 Å². The van der Waals surface area contributed by atoms with Crippen molar-refractivity contribution >= 4 is 12.0 Å². The van der Waals surface area contributed by atoms with Gasteiger partial charge in [-0.2, -0.15) is 0 Å². The molecule has 4 nitrogen and oxygen atoms in total. The third-order valence-electron chi connectivity index (χ3n) is 4.12. The lowest BCUT2D eigenvalue weighted by Gasteiger charge is -2.12. The van der Waals surface area contributed by atoms with Gasteiger partial charge in [0, 0.05) is 12.6 Å². The number of carbonyl (C=O) groups is 1. The minimum absolute atomic E-state index is 0.109. The van der Waals surface area contributed by atoms with Gasteiger partial charge >= 0.3 is 0 Å². The average molecular weight is 367 g/mol. The van der Waals surface area contributed by atoms with Crippen molar-refractivity contribution in [2.75, 3.05) is 20.3 Å². The number of hydrogen-bond acceptors (Lipinski definition) is 3. The van der Waals surface area contributed by atoms with Crippen LogP contribution >= 0.6 is 0 Å². The first-order valence-corrected chi connectivity index (χ1v) is 9.39. The Morgan fingerprint density at radius 2 is 1.89 bits per heavy atom. The molecule has 0 bridgehead atoms. The van der Waals surface area contributed by atoms with Crippen LogP contribution in [0.5, 0.6) is 11.5 Å². The van der Waals surface area contributed by atoms with E-state index < -0.39 is 0 Å². The molecule has 0 aliphatic heterocycles. The molecule has 0 saturated carbocycles. The van der Waals surface area contributed by atoms with Crippen LogP contribution in [-0.4, -0.2) is 26.2 Å². The molecule has 0 spiro atoms. The van der Waals surface area contributed by atoms with Gasteiger partial charge in [0.2, 0.25) is 5.91 Å². The number of nitrogens with one attached hydrogen (secondary N) is 1. The lowest BCUT2D eigenvalue weighted by Crippen LogP contribution is -2.23. The van der Waals surface area contributed by atoms with Crippen molar-refractivity contribution in [2.24, 2.45) is 5.92 Å². The summed E-state index contributed by atoms with van der Waals surface area (Å²) in [7, 11) is 1.62. The van der Waals surface area contributed by atoms with E-state index in [4.69, 9.17) is 9.47 Å². The topological polar surface area (TPSA) is 47.6 Å². The Hall–Kier alpha value is -2.75. The molecule has 0 saturated heterocycles. The van der Waals surface area contributed by atoms with Crippen molar-refractivity contribution in [3.05, 3.63) is 65.7 Å². The Balaban J connectivity index is 1.85. The highest BCUT2D eigenvalue weighted by Gasteiger charge is 2.06. The molecule has 27 heavy (non-hydrogen) atoms. The summed E-state index contributed by atoms with van der Waals surface area (Å²) in [4.78, 5) is 12.0. The minimum Gasteiger partial charge on any atom is -0.493 e. The molecule has 4 heteroatoms. The SMILES string of the molecule is COc1cc(/C=C/C(=O)NCCc2ccccc2)ccc1OCCC(C)C. The van der Waals surface area contributed by atoms with Gasteiger partial charge in [0.25, 0.3) is 0 Å². The lowest BCUT2D eigenvalue weighted by atomic mass is 10.1. The number of hydrogen-bond donors (Lipinski definition) is 1. The number of ether oxygens (including phenoxy) is 2. The maximum absolute atomic E-state index is 12.0. The van der Waals surface area contributed by atoms with E-state index in [0.29, 0.717) is 24.8 Å². The fraction of sp³-hybridized carbons (Fsp3) is 0.348. The van der Waals surface area contributed by atoms with E-state index in [1.807, 2.05) is 36.4 Å². The van der Waals surface area contributed by atoms with E-state index in [1.165, 1.54) is 5.56 Å². The largest absolute Gasteiger partial charge is 0.493 e. The van der Waals surface area contributed by atoms with Gasteiger partial charge in [-0.3, -0.25) is 4.79 Å². The molecule has 0 aromatic heterocycles. The Bertz CT molecular complexity index is 739. The maximum Gasteiger partial charge on any atom is 0.244 e. The molecule has 2 aromatic rings. The molecule has 0 heterocycles. The average Bonchev–Trinajstić information content (AvgIpc) is 2.67. The van der Waals surface area contributed by atoms with Crippen molar-refractivity contribution in [3.8, 4) is 11.5 Å². The van der Waals surface area contributed by atoms with Crippen LogP contribution in [0.4, 0.5) is 0 Å². The highest BCUT2D eigenvalue weighted by atomic mass is 16.5. The minimum atomic E-state index is -0.109. The van der Waals surface area contributed by atoms with E-state index in [1.54, 1.807) is 19.3 Å². The van der Waals surface area contributed by atoms with Crippen molar-refractivity contribution < 1.29 is 14.3 Å². The molecule has 0 atom stereocenters. The zero-order chi connectivity index (χ0) is 19.5. The van der Waals surface area contributed by atoms with Crippen LogP contribution in [0.3, 0.4) is 0 Å². The maximum atomic E-state index is 12.0. The molecule has 144 valence electrons. The fourth-order valence-corrected chi connectivity index (χ4v) is 2.52. The molecule has 0 fully saturated rings. The van der Waals surface area contributed by atoms with E-state index in [9.17, 15) is 4.79 Å². The lowest BCUT2D eigenvalue weighted by molar-refractivity contribution is -0.116. The van der Waals surface area contributed by atoms with Gasteiger partial charge in [0.1, 0.15) is 0 Å². The highest BCUT2D eigenvalue weighted by molar-refractivity contribution is 5.91. The second-order valence-electron chi connectivity index (χ2n) is 6.80. The number of rotatable bonds is 10. The third-order valence-corrected chi connectivity index (χ3v) is 4.12. The number of methoxy groups -OCH3 is 1. The second kappa shape index (κ2) is 11.1. The third kappa shape index (κ3) is 7.57. The van der Waals surface area contributed by atoms with Crippen LogP contribution < -0.4 is 14.8 Å². The number of amides is 1. The summed E-state index contributed by atoms with van der Waals surface area (Å²) in [5.41, 5.74) is 2.10. The number of benzene rings is 2. The molecule has 0 aliphatic carbocycles. The summed E-state index contributed by atoms with van der Waals surface area (Å²) >= 11 is 0. The van der Waals surface area contributed by atoms with Crippen LogP contribution in [0.15, 0.2) is 54.6 Å². The van der Waals surface area contributed by atoms with E-state index in [0.717, 1.165) is 24.2 Å². The molecule has 0 unspecified atom stereocenters. The first-order valence-electron chi connectivity index (χ1n) is 9.39. The smallest absolute Gasteiger partial charge is 0.244 e. The van der Waals surface area contributed by atoms with Crippen LogP contribution in [0.1, 0.15) is 31.4 Å². The van der Waals surface area contributed by atoms with Crippen molar-refractivity contribution in [3.63, 3.8) is 0 Å². The van der Waals surface area contributed by atoms with Gasteiger partial charge in [0.05, 0.1) is 13.7 Å². The van der Waals surface area contributed by atoms with Crippen molar-refractivity contribution in [1.82, 2.24) is 5.32 Å². The summed E-state index contributed by atoms with van der Waals surface area (Å²) < 4.78 is 11.2. The molecular weight excluding hydrogens is 338 g/mol. The van der Waals surface area contributed by atoms with Gasteiger partial charge in [-0.15, -0.1) is 0 Å². The van der Waals surface area contributed by atoms with Gasteiger partial charge in [-0.05, 0) is 48.1 Å². The Kier molecular flexibility index (Phi) is 8.43. The monoisotopic (exact) mass is 367 g/mol. The van der Waals surface area contributed by atoms with Gasteiger partial charge in [-0.1, -0.05) is 50.2 Å². The Morgan fingerprint density at radius 3 is 2.59 bits per heavy atom. The molecule has 1 amide bonds. The van der Waals surface area contributed by atoms with Gasteiger partial charge in [0.15, 0.2) is 11.5 Å². The number of carbonyl (C=O) groups excluding carboxylic acids is 1. The van der Waals surface area contributed by atoms with Crippen LogP contribution in [0.2, 0.25) is 0 Å². The standard InChI is InChI=1S/C23H29NO3/c1-18(2)14-16-27-21-11-9-20(17-22(21)26-3)10-12-23(25)24-15-13-19-7-5-4-6-8-19/h4-12,17-18H,13-16H2,1-3H3,(H,24,25)/b12-10+. The summed E-state index contributed by atoms with van der Waals surface area (Å²) in [5, 5.41) is 2.90.